The van der Waals surface area contributed by atoms with Gasteiger partial charge in [-0.25, -0.2) is 0 Å². The number of benzene rings is 2. The first-order chi connectivity index (χ1) is 12.0. The second-order valence-corrected chi connectivity index (χ2v) is 8.99. The second kappa shape index (κ2) is 7.71. The Kier molecular flexibility index (Phi) is 6.02. The minimum Gasteiger partial charge on any atom is -0.483 e. The monoisotopic (exact) mass is 373 g/mol. The summed E-state index contributed by atoms with van der Waals surface area (Å²) in [7, 11) is 0. The van der Waals surface area contributed by atoms with Gasteiger partial charge in [0.15, 0.2) is 6.61 Å². The molecule has 0 aliphatic carbocycles. The summed E-state index contributed by atoms with van der Waals surface area (Å²) in [4.78, 5) is 12.2. The molecule has 2 aromatic rings. The van der Waals surface area contributed by atoms with Crippen LogP contribution in [-0.4, -0.2) is 12.5 Å². The summed E-state index contributed by atoms with van der Waals surface area (Å²) in [5.41, 5.74) is 3.03. The van der Waals surface area contributed by atoms with E-state index >= 15 is 0 Å². The molecular formula is C22H28ClNO2. The van der Waals surface area contributed by atoms with Gasteiger partial charge in [-0.1, -0.05) is 65.3 Å². The zero-order valence-electron chi connectivity index (χ0n) is 16.4. The Labute approximate surface area is 161 Å². The first-order valence-electron chi connectivity index (χ1n) is 8.80. The highest BCUT2D eigenvalue weighted by Gasteiger charge is 2.23. The van der Waals surface area contributed by atoms with Crippen molar-refractivity contribution in [1.29, 1.82) is 0 Å². The van der Waals surface area contributed by atoms with Gasteiger partial charge < -0.3 is 10.1 Å². The van der Waals surface area contributed by atoms with Crippen LogP contribution >= 0.6 is 11.6 Å². The summed E-state index contributed by atoms with van der Waals surface area (Å²) in [6.45, 7) is 13.0. The molecule has 0 heterocycles. The molecule has 0 spiro atoms. The maximum absolute atomic E-state index is 12.2. The van der Waals surface area contributed by atoms with E-state index in [4.69, 9.17) is 16.3 Å². The Morgan fingerprint density at radius 1 is 0.962 bits per heavy atom. The van der Waals surface area contributed by atoms with Crippen LogP contribution in [0.25, 0.3) is 0 Å². The number of hydrogen-bond acceptors (Lipinski definition) is 2. The maximum atomic E-state index is 12.2. The molecule has 1 amide bonds. The SMILES string of the molecule is CC(C)(C)c1ccc(OCC(=O)Nc2ccc(Cl)cc2)c(C(C)(C)C)c1. The van der Waals surface area contributed by atoms with Crippen LogP contribution in [0.3, 0.4) is 0 Å². The first kappa shape index (κ1) is 20.3. The molecule has 4 heteroatoms. The van der Waals surface area contributed by atoms with Crippen LogP contribution in [0.2, 0.25) is 5.02 Å². The largest absolute Gasteiger partial charge is 0.483 e. The van der Waals surface area contributed by atoms with Gasteiger partial charge in [0.1, 0.15) is 5.75 Å². The van der Waals surface area contributed by atoms with Gasteiger partial charge >= 0.3 is 0 Å². The third kappa shape index (κ3) is 5.50. The number of ether oxygens (including phenoxy) is 1. The maximum Gasteiger partial charge on any atom is 0.262 e. The van der Waals surface area contributed by atoms with Crippen LogP contribution in [0.5, 0.6) is 5.75 Å². The molecule has 2 aromatic carbocycles. The van der Waals surface area contributed by atoms with E-state index in [2.05, 4.69) is 59.0 Å². The number of rotatable bonds is 4. The lowest BCUT2D eigenvalue weighted by atomic mass is 9.80. The summed E-state index contributed by atoms with van der Waals surface area (Å²) in [5.74, 6) is 0.545. The van der Waals surface area contributed by atoms with Gasteiger partial charge in [0.2, 0.25) is 0 Å². The molecule has 0 bridgehead atoms. The van der Waals surface area contributed by atoms with Crippen LogP contribution in [0.4, 0.5) is 5.69 Å². The Morgan fingerprint density at radius 3 is 2.12 bits per heavy atom. The molecule has 0 saturated carbocycles. The van der Waals surface area contributed by atoms with E-state index in [9.17, 15) is 4.79 Å². The average Bonchev–Trinajstić information content (AvgIpc) is 2.53. The van der Waals surface area contributed by atoms with Gasteiger partial charge in [-0.2, -0.15) is 0 Å². The van der Waals surface area contributed by atoms with Crippen molar-refractivity contribution in [3.63, 3.8) is 0 Å². The van der Waals surface area contributed by atoms with Crippen molar-refractivity contribution in [1.82, 2.24) is 0 Å². The van der Waals surface area contributed by atoms with Crippen molar-refractivity contribution in [3.8, 4) is 5.75 Å². The topological polar surface area (TPSA) is 38.3 Å². The Balaban J connectivity index is 2.13. The van der Waals surface area contributed by atoms with Crippen molar-refractivity contribution in [2.45, 2.75) is 52.4 Å². The second-order valence-electron chi connectivity index (χ2n) is 8.55. The van der Waals surface area contributed by atoms with E-state index in [-0.39, 0.29) is 23.3 Å². The summed E-state index contributed by atoms with van der Waals surface area (Å²) in [5, 5.41) is 3.44. The smallest absolute Gasteiger partial charge is 0.262 e. The van der Waals surface area contributed by atoms with Gasteiger partial charge in [0.25, 0.3) is 5.91 Å². The Hall–Kier alpha value is -2.00. The van der Waals surface area contributed by atoms with Gasteiger partial charge in [0.05, 0.1) is 0 Å². The first-order valence-corrected chi connectivity index (χ1v) is 9.18. The zero-order valence-corrected chi connectivity index (χ0v) is 17.2. The summed E-state index contributed by atoms with van der Waals surface area (Å²) in [6, 6.07) is 13.2. The molecule has 0 fully saturated rings. The van der Waals surface area contributed by atoms with Crippen molar-refractivity contribution in [2.75, 3.05) is 11.9 Å². The summed E-state index contributed by atoms with van der Waals surface area (Å²) in [6.07, 6.45) is 0. The lowest BCUT2D eigenvalue weighted by Gasteiger charge is -2.27. The summed E-state index contributed by atoms with van der Waals surface area (Å²) >= 11 is 5.86. The van der Waals surface area contributed by atoms with E-state index in [0.717, 1.165) is 11.3 Å². The molecule has 3 nitrogen and oxygen atoms in total. The van der Waals surface area contributed by atoms with Crippen molar-refractivity contribution < 1.29 is 9.53 Å². The number of halogens is 1. The lowest BCUT2D eigenvalue weighted by molar-refractivity contribution is -0.118. The average molecular weight is 374 g/mol. The number of nitrogens with one attached hydrogen (secondary N) is 1. The van der Waals surface area contributed by atoms with Crippen molar-refractivity contribution >= 4 is 23.2 Å². The van der Waals surface area contributed by atoms with Crippen LogP contribution < -0.4 is 10.1 Å². The number of carbonyl (C=O) groups excluding carboxylic acids is 1. The summed E-state index contributed by atoms with van der Waals surface area (Å²) < 4.78 is 5.85. The molecule has 0 aliphatic heterocycles. The molecule has 0 atom stereocenters. The van der Waals surface area contributed by atoms with Crippen molar-refractivity contribution in [3.05, 3.63) is 58.6 Å². The fourth-order valence-corrected chi connectivity index (χ4v) is 2.71. The number of anilines is 1. The Bertz CT molecular complexity index is 768. The van der Waals surface area contributed by atoms with Crippen molar-refractivity contribution in [2.24, 2.45) is 0 Å². The van der Waals surface area contributed by atoms with E-state index in [1.165, 1.54) is 5.56 Å². The fourth-order valence-electron chi connectivity index (χ4n) is 2.58. The number of carbonyl (C=O) groups is 1. The molecule has 1 N–H and O–H groups in total. The van der Waals surface area contributed by atoms with Crippen LogP contribution in [0, 0.1) is 0 Å². The predicted octanol–water partition coefficient (Wildman–Crippen LogP) is 5.95. The molecule has 2 rings (SSSR count). The quantitative estimate of drug-likeness (QED) is 0.718. The standard InChI is InChI=1S/C22H28ClNO2/c1-21(2,3)15-7-12-19(18(13-15)22(4,5)6)26-14-20(25)24-17-10-8-16(23)9-11-17/h7-13H,14H2,1-6H3,(H,24,25). The lowest BCUT2D eigenvalue weighted by Crippen LogP contribution is -2.22. The molecule has 0 unspecified atom stereocenters. The van der Waals surface area contributed by atoms with E-state index in [1.807, 2.05) is 6.07 Å². The predicted molar refractivity (Wildman–Crippen MR) is 109 cm³/mol. The van der Waals surface area contributed by atoms with E-state index < -0.39 is 0 Å². The molecule has 140 valence electrons. The third-order valence-corrected chi connectivity index (χ3v) is 4.39. The van der Waals surface area contributed by atoms with Gasteiger partial charge in [-0.3, -0.25) is 4.79 Å². The van der Waals surface area contributed by atoms with Gasteiger partial charge in [0, 0.05) is 10.7 Å². The van der Waals surface area contributed by atoms with Gasteiger partial charge in [-0.15, -0.1) is 0 Å². The molecule has 0 radical (unpaired) electrons. The molecule has 26 heavy (non-hydrogen) atoms. The molecule has 0 saturated heterocycles. The van der Waals surface area contributed by atoms with Crippen LogP contribution in [0.15, 0.2) is 42.5 Å². The molecule has 0 aliphatic rings. The molecular weight excluding hydrogens is 346 g/mol. The van der Waals surface area contributed by atoms with Gasteiger partial charge in [-0.05, 0) is 52.3 Å². The highest BCUT2D eigenvalue weighted by atomic mass is 35.5. The minimum absolute atomic E-state index is 0.0411. The number of amides is 1. The number of hydrogen-bond donors (Lipinski definition) is 1. The van der Waals surface area contributed by atoms with E-state index in [0.29, 0.717) is 10.7 Å². The highest BCUT2D eigenvalue weighted by molar-refractivity contribution is 6.30. The van der Waals surface area contributed by atoms with Crippen LogP contribution in [0.1, 0.15) is 52.7 Å². The minimum atomic E-state index is -0.202. The normalized spacial score (nSPS) is 12.0. The zero-order chi connectivity index (χ0) is 19.5. The van der Waals surface area contributed by atoms with Crippen LogP contribution in [-0.2, 0) is 15.6 Å². The molecule has 0 aromatic heterocycles. The highest BCUT2D eigenvalue weighted by Crippen LogP contribution is 2.35. The Morgan fingerprint density at radius 2 is 1.58 bits per heavy atom. The van der Waals surface area contributed by atoms with E-state index in [1.54, 1.807) is 24.3 Å². The fraction of sp³-hybridized carbons (Fsp3) is 0.409. The third-order valence-electron chi connectivity index (χ3n) is 4.14.